The van der Waals surface area contributed by atoms with Gasteiger partial charge in [0.05, 0.1) is 9.82 Å². The first-order chi connectivity index (χ1) is 15.3. The number of hydrogen-bond donors (Lipinski definition) is 2. The Morgan fingerprint density at radius 1 is 0.906 bits per heavy atom. The van der Waals surface area contributed by atoms with Crippen molar-refractivity contribution in [1.82, 2.24) is 14.3 Å². The zero-order chi connectivity index (χ0) is 23.3. The molecule has 0 bridgehead atoms. The van der Waals surface area contributed by atoms with E-state index in [4.69, 9.17) is 0 Å². The molecule has 32 heavy (non-hydrogen) atoms. The van der Waals surface area contributed by atoms with Crippen LogP contribution in [0.15, 0.2) is 59.8 Å². The first-order valence-electron chi connectivity index (χ1n) is 9.96. The minimum Gasteiger partial charge on any atom is -0.334 e. The first-order valence-corrected chi connectivity index (χ1v) is 11.4. The highest BCUT2D eigenvalue weighted by Crippen LogP contribution is 2.33. The van der Waals surface area contributed by atoms with Gasteiger partial charge in [-0.2, -0.15) is 4.31 Å². The maximum atomic E-state index is 12.6. The summed E-state index contributed by atoms with van der Waals surface area (Å²) in [7, 11) is -3.60. The van der Waals surface area contributed by atoms with Gasteiger partial charge >= 0.3 is 5.69 Å². The molecular weight excluding hydrogens is 432 g/mol. The van der Waals surface area contributed by atoms with E-state index in [1.807, 2.05) is 19.1 Å². The fourth-order valence-electron chi connectivity index (χ4n) is 3.07. The van der Waals surface area contributed by atoms with E-state index in [0.717, 1.165) is 5.56 Å². The van der Waals surface area contributed by atoms with Gasteiger partial charge in [0, 0.05) is 24.5 Å². The molecule has 1 aromatic heterocycles. The van der Waals surface area contributed by atoms with Gasteiger partial charge in [0.15, 0.2) is 0 Å². The van der Waals surface area contributed by atoms with Crippen molar-refractivity contribution < 1.29 is 13.3 Å². The molecular formula is C21H24N6O4S. The second-order valence-electron chi connectivity index (χ2n) is 6.91. The summed E-state index contributed by atoms with van der Waals surface area (Å²) < 4.78 is 26.6. The fraction of sp³-hybridized carbons (Fsp3) is 0.238. The third-order valence-electron chi connectivity index (χ3n) is 4.78. The van der Waals surface area contributed by atoms with E-state index < -0.39 is 14.9 Å². The summed E-state index contributed by atoms with van der Waals surface area (Å²) in [5.41, 5.74) is 1.83. The third-order valence-corrected chi connectivity index (χ3v) is 6.84. The smallest absolute Gasteiger partial charge is 0.334 e. The van der Waals surface area contributed by atoms with Gasteiger partial charge in [-0.3, -0.25) is 10.1 Å². The van der Waals surface area contributed by atoms with Crippen LogP contribution in [-0.2, 0) is 10.0 Å². The maximum absolute atomic E-state index is 12.6. The molecule has 1 heterocycles. The summed E-state index contributed by atoms with van der Waals surface area (Å²) >= 11 is 0. The van der Waals surface area contributed by atoms with Gasteiger partial charge in [0.1, 0.15) is 6.33 Å². The number of aromatic nitrogens is 2. The molecule has 0 saturated heterocycles. The molecule has 0 aliphatic rings. The standard InChI is InChI=1S/C21H24N6O4S/c1-4-26(5-2)32(30,31)18-12-10-17(11-13-18)25-21-19(27(28)29)20(22-14-23-21)24-16-8-6-15(3)7-9-16/h6-14H,4-5H2,1-3H3,(H2,22,23,24,25). The SMILES string of the molecule is CCN(CC)S(=O)(=O)c1ccc(Nc2ncnc(Nc3ccc(C)cc3)c2[N+](=O)[O-])cc1. The molecule has 10 nitrogen and oxygen atoms in total. The summed E-state index contributed by atoms with van der Waals surface area (Å²) in [5, 5.41) is 17.6. The lowest BCUT2D eigenvalue weighted by Gasteiger charge is -2.18. The largest absolute Gasteiger partial charge is 0.353 e. The van der Waals surface area contributed by atoms with Crippen LogP contribution in [0.2, 0.25) is 0 Å². The number of aryl methyl sites for hydroxylation is 1. The predicted molar refractivity (Wildman–Crippen MR) is 123 cm³/mol. The van der Waals surface area contributed by atoms with Gasteiger partial charge in [-0.25, -0.2) is 18.4 Å². The number of sulfonamides is 1. The van der Waals surface area contributed by atoms with Gasteiger partial charge in [-0.15, -0.1) is 0 Å². The Hall–Kier alpha value is -3.57. The molecule has 0 saturated carbocycles. The molecule has 3 aromatic rings. The number of nitrogens with one attached hydrogen (secondary N) is 2. The quantitative estimate of drug-likeness (QED) is 0.362. The van der Waals surface area contributed by atoms with Crippen molar-refractivity contribution in [3.63, 3.8) is 0 Å². The molecule has 0 atom stereocenters. The molecule has 0 radical (unpaired) electrons. The van der Waals surface area contributed by atoms with E-state index >= 15 is 0 Å². The highest BCUT2D eigenvalue weighted by atomic mass is 32.2. The second kappa shape index (κ2) is 9.71. The summed E-state index contributed by atoms with van der Waals surface area (Å²) in [6.45, 7) is 6.21. The lowest BCUT2D eigenvalue weighted by Crippen LogP contribution is -2.30. The van der Waals surface area contributed by atoms with E-state index in [1.54, 1.807) is 26.0 Å². The number of hydrogen-bond acceptors (Lipinski definition) is 8. The van der Waals surface area contributed by atoms with E-state index in [9.17, 15) is 18.5 Å². The molecule has 0 spiro atoms. The molecule has 0 amide bonds. The van der Waals surface area contributed by atoms with Crippen LogP contribution in [0.3, 0.4) is 0 Å². The van der Waals surface area contributed by atoms with Gasteiger partial charge in [0.2, 0.25) is 21.7 Å². The predicted octanol–water partition coefficient (Wildman–Crippen LogP) is 4.21. The molecule has 0 fully saturated rings. The molecule has 168 valence electrons. The van der Waals surface area contributed by atoms with Gasteiger partial charge in [-0.1, -0.05) is 31.5 Å². The summed E-state index contributed by atoms with van der Waals surface area (Å²) in [5.74, 6) is 0.0241. The lowest BCUT2D eigenvalue weighted by atomic mass is 10.2. The Morgan fingerprint density at radius 3 is 1.81 bits per heavy atom. The van der Waals surface area contributed by atoms with Crippen LogP contribution < -0.4 is 10.6 Å². The first kappa shape index (κ1) is 23.1. The van der Waals surface area contributed by atoms with Gasteiger partial charge < -0.3 is 10.6 Å². The lowest BCUT2D eigenvalue weighted by molar-refractivity contribution is -0.383. The Labute approximate surface area is 186 Å². The highest BCUT2D eigenvalue weighted by molar-refractivity contribution is 7.89. The van der Waals surface area contributed by atoms with Crippen LogP contribution in [0.5, 0.6) is 0 Å². The maximum Gasteiger partial charge on any atom is 0.353 e. The summed E-state index contributed by atoms with van der Waals surface area (Å²) in [6, 6.07) is 13.3. The minimum atomic E-state index is -3.60. The van der Waals surface area contributed by atoms with Crippen molar-refractivity contribution in [3.05, 3.63) is 70.5 Å². The van der Waals surface area contributed by atoms with Crippen molar-refractivity contribution in [2.45, 2.75) is 25.7 Å². The number of rotatable bonds is 9. The molecule has 0 unspecified atom stereocenters. The molecule has 2 aromatic carbocycles. The van der Waals surface area contributed by atoms with Crippen LogP contribution in [0.25, 0.3) is 0 Å². The van der Waals surface area contributed by atoms with Crippen molar-refractivity contribution in [1.29, 1.82) is 0 Å². The Bertz CT molecular complexity index is 1190. The van der Waals surface area contributed by atoms with Crippen LogP contribution >= 0.6 is 0 Å². The monoisotopic (exact) mass is 456 g/mol. The normalized spacial score (nSPS) is 11.4. The van der Waals surface area contributed by atoms with Crippen LogP contribution in [-0.4, -0.2) is 40.7 Å². The second-order valence-corrected chi connectivity index (χ2v) is 8.84. The summed E-state index contributed by atoms with van der Waals surface area (Å²) in [6.07, 6.45) is 1.21. The molecule has 11 heteroatoms. The average Bonchev–Trinajstić information content (AvgIpc) is 2.76. The number of nitro groups is 1. The molecule has 2 N–H and O–H groups in total. The van der Waals surface area contributed by atoms with Crippen LogP contribution in [0.1, 0.15) is 19.4 Å². The van der Waals surface area contributed by atoms with E-state index in [0.29, 0.717) is 24.5 Å². The summed E-state index contributed by atoms with van der Waals surface area (Å²) in [4.78, 5) is 19.4. The van der Waals surface area contributed by atoms with E-state index in [-0.39, 0.29) is 22.2 Å². The van der Waals surface area contributed by atoms with E-state index in [1.165, 1.54) is 34.9 Å². The highest BCUT2D eigenvalue weighted by Gasteiger charge is 2.24. The molecule has 0 aliphatic heterocycles. The van der Waals surface area contributed by atoms with Crippen molar-refractivity contribution in [2.24, 2.45) is 0 Å². The third kappa shape index (κ3) is 5.01. The minimum absolute atomic E-state index is 0.0149. The van der Waals surface area contributed by atoms with E-state index in [2.05, 4.69) is 20.6 Å². The van der Waals surface area contributed by atoms with Crippen LogP contribution in [0, 0.1) is 17.0 Å². The zero-order valence-corrected chi connectivity index (χ0v) is 18.8. The Kier molecular flexibility index (Phi) is 7.01. The molecule has 0 aliphatic carbocycles. The zero-order valence-electron chi connectivity index (χ0n) is 17.9. The van der Waals surface area contributed by atoms with Crippen molar-refractivity contribution >= 4 is 38.7 Å². The number of anilines is 4. The number of benzene rings is 2. The molecule has 3 rings (SSSR count). The van der Waals surface area contributed by atoms with Crippen LogP contribution in [0.4, 0.5) is 28.7 Å². The fourth-order valence-corrected chi connectivity index (χ4v) is 4.53. The Balaban J connectivity index is 1.89. The Morgan fingerprint density at radius 2 is 1.38 bits per heavy atom. The van der Waals surface area contributed by atoms with Gasteiger partial charge in [0.25, 0.3) is 0 Å². The van der Waals surface area contributed by atoms with Crippen molar-refractivity contribution in [2.75, 3.05) is 23.7 Å². The topological polar surface area (TPSA) is 130 Å². The van der Waals surface area contributed by atoms with Crippen molar-refractivity contribution in [3.8, 4) is 0 Å². The van der Waals surface area contributed by atoms with Gasteiger partial charge in [-0.05, 0) is 43.3 Å². The number of nitrogens with zero attached hydrogens (tertiary/aromatic N) is 4. The average molecular weight is 457 g/mol.